The third-order valence-electron chi connectivity index (χ3n) is 3.06. The molecule has 1 atom stereocenters. The van der Waals surface area contributed by atoms with Gasteiger partial charge in [0.25, 0.3) is 0 Å². The van der Waals surface area contributed by atoms with Crippen molar-refractivity contribution in [3.05, 3.63) is 59.2 Å². The van der Waals surface area contributed by atoms with Gasteiger partial charge in [-0.25, -0.2) is 4.52 Å². The number of benzene rings is 1. The average molecular weight is 287 g/mol. The molecule has 2 heterocycles. The standard InChI is InChI=1S/C15H15ClN4/c1-11(9-12-5-3-2-4-6-12)17-15-18-14-8-7-13(16)10-20(14)19-15/h2-8,10-11H,9H2,1H3,(H,17,19). The molecule has 0 aliphatic rings. The van der Waals surface area contributed by atoms with E-state index >= 15 is 0 Å². The van der Waals surface area contributed by atoms with E-state index in [0.29, 0.717) is 11.0 Å². The van der Waals surface area contributed by atoms with Crippen molar-refractivity contribution in [2.45, 2.75) is 19.4 Å². The summed E-state index contributed by atoms with van der Waals surface area (Å²) in [5.74, 6) is 0.621. The average Bonchev–Trinajstić information content (AvgIpc) is 2.80. The van der Waals surface area contributed by atoms with Gasteiger partial charge in [-0.3, -0.25) is 0 Å². The minimum atomic E-state index is 0.255. The minimum absolute atomic E-state index is 0.255. The lowest BCUT2D eigenvalue weighted by atomic mass is 10.1. The van der Waals surface area contributed by atoms with E-state index in [9.17, 15) is 0 Å². The molecule has 1 unspecified atom stereocenters. The van der Waals surface area contributed by atoms with Gasteiger partial charge in [0, 0.05) is 12.2 Å². The Morgan fingerprint density at radius 2 is 2.00 bits per heavy atom. The zero-order valence-corrected chi connectivity index (χ0v) is 11.9. The van der Waals surface area contributed by atoms with E-state index in [-0.39, 0.29) is 6.04 Å². The van der Waals surface area contributed by atoms with Crippen LogP contribution in [-0.2, 0) is 6.42 Å². The number of anilines is 1. The smallest absolute Gasteiger partial charge is 0.243 e. The molecule has 0 radical (unpaired) electrons. The monoisotopic (exact) mass is 286 g/mol. The van der Waals surface area contributed by atoms with Crippen LogP contribution in [0.15, 0.2) is 48.7 Å². The van der Waals surface area contributed by atoms with Crippen molar-refractivity contribution in [3.8, 4) is 0 Å². The predicted octanol–water partition coefficient (Wildman–Crippen LogP) is 3.43. The first-order valence-electron chi connectivity index (χ1n) is 6.53. The molecule has 3 rings (SSSR count). The van der Waals surface area contributed by atoms with Crippen molar-refractivity contribution in [2.75, 3.05) is 5.32 Å². The van der Waals surface area contributed by atoms with Gasteiger partial charge in [0.15, 0.2) is 5.65 Å². The maximum absolute atomic E-state index is 5.93. The summed E-state index contributed by atoms with van der Waals surface area (Å²) in [5, 5.41) is 8.32. The third-order valence-corrected chi connectivity index (χ3v) is 3.28. The van der Waals surface area contributed by atoms with E-state index in [1.807, 2.05) is 30.3 Å². The second kappa shape index (κ2) is 5.51. The fourth-order valence-electron chi connectivity index (χ4n) is 2.16. The summed E-state index contributed by atoms with van der Waals surface area (Å²) >= 11 is 5.93. The van der Waals surface area contributed by atoms with Crippen molar-refractivity contribution < 1.29 is 0 Å². The Morgan fingerprint density at radius 3 is 2.80 bits per heavy atom. The summed E-state index contributed by atoms with van der Waals surface area (Å²) < 4.78 is 1.68. The molecule has 5 heteroatoms. The molecule has 20 heavy (non-hydrogen) atoms. The molecule has 4 nitrogen and oxygen atoms in total. The Balaban J connectivity index is 1.72. The summed E-state index contributed by atoms with van der Waals surface area (Å²) in [4.78, 5) is 4.42. The summed E-state index contributed by atoms with van der Waals surface area (Å²) in [6.45, 7) is 2.12. The maximum atomic E-state index is 5.93. The summed E-state index contributed by atoms with van der Waals surface area (Å²) in [5.41, 5.74) is 2.07. The number of nitrogens with one attached hydrogen (secondary N) is 1. The van der Waals surface area contributed by atoms with Crippen LogP contribution in [0, 0.1) is 0 Å². The second-order valence-electron chi connectivity index (χ2n) is 4.82. The maximum Gasteiger partial charge on any atom is 0.243 e. The fourth-order valence-corrected chi connectivity index (χ4v) is 2.31. The molecule has 1 N–H and O–H groups in total. The number of rotatable bonds is 4. The van der Waals surface area contributed by atoms with Gasteiger partial charge in [0.05, 0.1) is 5.02 Å². The number of nitrogens with zero attached hydrogens (tertiary/aromatic N) is 3. The van der Waals surface area contributed by atoms with Crippen LogP contribution in [-0.4, -0.2) is 20.6 Å². The zero-order chi connectivity index (χ0) is 13.9. The van der Waals surface area contributed by atoms with E-state index in [0.717, 1.165) is 12.1 Å². The summed E-state index contributed by atoms with van der Waals surface area (Å²) in [6, 6.07) is 14.3. The van der Waals surface area contributed by atoms with Gasteiger partial charge in [0.1, 0.15) is 0 Å². The highest BCUT2D eigenvalue weighted by atomic mass is 35.5. The Hall–Kier alpha value is -2.07. The molecule has 1 aromatic carbocycles. The molecular formula is C15H15ClN4. The van der Waals surface area contributed by atoms with Crippen molar-refractivity contribution in [1.82, 2.24) is 14.6 Å². The number of fused-ring (bicyclic) bond motifs is 1. The number of pyridine rings is 1. The molecule has 0 aliphatic carbocycles. The van der Waals surface area contributed by atoms with Crippen molar-refractivity contribution >= 4 is 23.2 Å². The van der Waals surface area contributed by atoms with Gasteiger partial charge in [0.2, 0.25) is 5.95 Å². The highest BCUT2D eigenvalue weighted by Crippen LogP contribution is 2.13. The van der Waals surface area contributed by atoms with Gasteiger partial charge >= 0.3 is 0 Å². The second-order valence-corrected chi connectivity index (χ2v) is 5.26. The van der Waals surface area contributed by atoms with Gasteiger partial charge in [-0.1, -0.05) is 41.9 Å². The van der Waals surface area contributed by atoms with Crippen molar-refractivity contribution in [1.29, 1.82) is 0 Å². The first-order chi connectivity index (χ1) is 9.70. The van der Waals surface area contributed by atoms with E-state index in [2.05, 4.69) is 34.5 Å². The van der Waals surface area contributed by atoms with E-state index in [1.54, 1.807) is 10.7 Å². The number of hydrogen-bond acceptors (Lipinski definition) is 3. The van der Waals surface area contributed by atoms with Gasteiger partial charge in [-0.15, -0.1) is 5.10 Å². The lowest BCUT2D eigenvalue weighted by Crippen LogP contribution is -2.18. The van der Waals surface area contributed by atoms with Crippen LogP contribution in [0.25, 0.3) is 5.65 Å². The molecule has 0 aliphatic heterocycles. The van der Waals surface area contributed by atoms with Gasteiger partial charge in [-0.2, -0.15) is 4.98 Å². The van der Waals surface area contributed by atoms with Crippen molar-refractivity contribution in [2.24, 2.45) is 0 Å². The molecule has 0 amide bonds. The quantitative estimate of drug-likeness (QED) is 0.799. The van der Waals surface area contributed by atoms with Gasteiger partial charge in [-0.05, 0) is 31.0 Å². The molecule has 0 saturated carbocycles. The van der Waals surface area contributed by atoms with Crippen LogP contribution in [0.1, 0.15) is 12.5 Å². The normalized spacial score (nSPS) is 12.5. The Bertz CT molecular complexity index is 708. The Morgan fingerprint density at radius 1 is 1.20 bits per heavy atom. The van der Waals surface area contributed by atoms with Crippen LogP contribution in [0.5, 0.6) is 0 Å². The Labute approximate surface area is 122 Å². The van der Waals surface area contributed by atoms with Crippen molar-refractivity contribution in [3.63, 3.8) is 0 Å². The van der Waals surface area contributed by atoms with Crippen LogP contribution >= 0.6 is 11.6 Å². The van der Waals surface area contributed by atoms with E-state index in [1.165, 1.54) is 5.56 Å². The van der Waals surface area contributed by atoms with E-state index < -0.39 is 0 Å². The molecule has 0 bridgehead atoms. The van der Waals surface area contributed by atoms with Gasteiger partial charge < -0.3 is 5.32 Å². The summed E-state index contributed by atoms with van der Waals surface area (Å²) in [6.07, 6.45) is 2.67. The highest BCUT2D eigenvalue weighted by molar-refractivity contribution is 6.30. The minimum Gasteiger partial charge on any atom is -0.350 e. The highest BCUT2D eigenvalue weighted by Gasteiger charge is 2.08. The lowest BCUT2D eigenvalue weighted by Gasteiger charge is -2.11. The van der Waals surface area contributed by atoms with E-state index in [4.69, 9.17) is 11.6 Å². The largest absolute Gasteiger partial charge is 0.350 e. The number of halogens is 1. The van der Waals surface area contributed by atoms with Crippen LogP contribution in [0.2, 0.25) is 5.02 Å². The van der Waals surface area contributed by atoms with Crippen LogP contribution < -0.4 is 5.32 Å². The molecule has 0 saturated heterocycles. The SMILES string of the molecule is CC(Cc1ccccc1)Nc1nc2ccc(Cl)cn2n1. The predicted molar refractivity (Wildman–Crippen MR) is 81.2 cm³/mol. The first-order valence-corrected chi connectivity index (χ1v) is 6.91. The number of aromatic nitrogens is 3. The van der Waals surface area contributed by atoms with Crippen LogP contribution in [0.3, 0.4) is 0 Å². The molecular weight excluding hydrogens is 272 g/mol. The molecule has 102 valence electrons. The zero-order valence-electron chi connectivity index (χ0n) is 11.1. The first kappa shape index (κ1) is 12.9. The third kappa shape index (κ3) is 2.91. The summed E-state index contributed by atoms with van der Waals surface area (Å²) in [7, 11) is 0. The Kier molecular flexibility index (Phi) is 3.56. The lowest BCUT2D eigenvalue weighted by molar-refractivity contribution is 0.775. The number of hydrogen-bond donors (Lipinski definition) is 1. The van der Waals surface area contributed by atoms with Crippen LogP contribution in [0.4, 0.5) is 5.95 Å². The molecule has 3 aromatic rings. The molecule has 0 fully saturated rings. The topological polar surface area (TPSA) is 42.2 Å². The molecule has 2 aromatic heterocycles. The fraction of sp³-hybridized carbons (Fsp3) is 0.200. The molecule has 0 spiro atoms.